The Morgan fingerprint density at radius 2 is 2.00 bits per heavy atom. The lowest BCUT2D eigenvalue weighted by Gasteiger charge is -2.66. The van der Waals surface area contributed by atoms with Crippen molar-refractivity contribution in [1.29, 1.82) is 0 Å². The minimum Gasteiger partial charge on any atom is -0.326 e. The molecule has 120 valence electrons. The fourth-order valence-corrected chi connectivity index (χ4v) is 9.58. The third-order valence-electron chi connectivity index (χ3n) is 6.17. The molecule has 22 heavy (non-hydrogen) atoms. The van der Waals surface area contributed by atoms with Gasteiger partial charge in [0.15, 0.2) is 0 Å². The molecule has 0 radical (unpaired) electrons. The molecule has 2 nitrogen and oxygen atoms in total. The number of anilines is 1. The van der Waals surface area contributed by atoms with E-state index in [9.17, 15) is 4.79 Å². The minimum absolute atomic E-state index is 0.0664. The number of halogens is 3. The topological polar surface area (TPSA) is 29.1 Å². The summed E-state index contributed by atoms with van der Waals surface area (Å²) in [4.78, 5) is 13.3. The smallest absolute Gasteiger partial charge is 0.232 e. The van der Waals surface area contributed by atoms with Crippen molar-refractivity contribution >= 4 is 59.4 Å². The van der Waals surface area contributed by atoms with Gasteiger partial charge in [-0.25, -0.2) is 0 Å². The third-order valence-corrected chi connectivity index (χ3v) is 9.40. The summed E-state index contributed by atoms with van der Waals surface area (Å²) in [5.74, 6) is 0.138. The molecule has 1 aromatic carbocycles. The van der Waals surface area contributed by atoms with Gasteiger partial charge < -0.3 is 5.32 Å². The van der Waals surface area contributed by atoms with Gasteiger partial charge in [-0.1, -0.05) is 73.8 Å². The number of aryl methyl sites for hydroxylation is 1. The first-order chi connectivity index (χ1) is 10.2. The second-order valence-electron chi connectivity index (χ2n) is 7.12. The van der Waals surface area contributed by atoms with Crippen LogP contribution in [0.5, 0.6) is 0 Å². The molecular formula is C17H20Br3NO. The van der Waals surface area contributed by atoms with E-state index in [1.807, 2.05) is 31.2 Å². The normalized spacial score (nSPS) is 35.3. The first kappa shape index (κ1) is 17.0. The van der Waals surface area contributed by atoms with E-state index in [2.05, 4.69) is 67.0 Å². The highest BCUT2D eigenvalue weighted by Crippen LogP contribution is 2.82. The van der Waals surface area contributed by atoms with E-state index >= 15 is 0 Å². The van der Waals surface area contributed by atoms with Crippen molar-refractivity contribution < 1.29 is 4.79 Å². The molecule has 1 aromatic rings. The number of rotatable bonds is 3. The van der Waals surface area contributed by atoms with Crippen LogP contribution < -0.4 is 5.32 Å². The van der Waals surface area contributed by atoms with Gasteiger partial charge >= 0.3 is 0 Å². The average Bonchev–Trinajstić information content (AvgIpc) is 2.88. The minimum atomic E-state index is -0.351. The lowest BCUT2D eigenvalue weighted by Crippen LogP contribution is -2.71. The van der Waals surface area contributed by atoms with E-state index in [1.165, 1.54) is 0 Å². The molecule has 2 bridgehead atoms. The van der Waals surface area contributed by atoms with Crippen LogP contribution in [0.15, 0.2) is 24.3 Å². The molecule has 4 rings (SSSR count). The molecule has 3 saturated carbocycles. The van der Waals surface area contributed by atoms with Gasteiger partial charge in [0.2, 0.25) is 5.91 Å². The number of benzene rings is 1. The number of carbonyl (C=O) groups excluding carboxylic acids is 1. The second-order valence-corrected chi connectivity index (χ2v) is 11.1. The summed E-state index contributed by atoms with van der Waals surface area (Å²) in [5.41, 5.74) is 1.68. The SMILES string of the molecule is Cc1cccc(NC(=O)[C@@]23CC[C@@](C(Br)Br)([C@H]2Br)C3(C)C)c1. The summed E-state index contributed by atoms with van der Waals surface area (Å²) in [6, 6.07) is 7.99. The zero-order valence-corrected chi connectivity index (χ0v) is 17.7. The van der Waals surface area contributed by atoms with Crippen LogP contribution in [0, 0.1) is 23.2 Å². The van der Waals surface area contributed by atoms with Crippen molar-refractivity contribution in [3.8, 4) is 0 Å². The Bertz CT molecular complexity index is 630. The Morgan fingerprint density at radius 3 is 2.50 bits per heavy atom. The van der Waals surface area contributed by atoms with Crippen LogP contribution in [0.3, 0.4) is 0 Å². The van der Waals surface area contributed by atoms with E-state index in [0.717, 1.165) is 24.1 Å². The van der Waals surface area contributed by atoms with Crippen LogP contribution in [-0.2, 0) is 4.79 Å². The van der Waals surface area contributed by atoms with Gasteiger partial charge in [-0.3, -0.25) is 4.79 Å². The highest BCUT2D eigenvalue weighted by molar-refractivity contribution is 9.24. The maximum Gasteiger partial charge on any atom is 0.232 e. The highest BCUT2D eigenvalue weighted by atomic mass is 79.9. The van der Waals surface area contributed by atoms with Crippen LogP contribution in [-0.4, -0.2) is 14.5 Å². The maximum absolute atomic E-state index is 13.1. The predicted octanol–water partition coefficient (Wildman–Crippen LogP) is 5.62. The molecule has 0 unspecified atom stereocenters. The molecule has 1 N–H and O–H groups in total. The van der Waals surface area contributed by atoms with Gasteiger partial charge in [-0.2, -0.15) is 0 Å². The zero-order chi connectivity index (χ0) is 16.3. The highest BCUT2D eigenvalue weighted by Gasteiger charge is 2.83. The Kier molecular flexibility index (Phi) is 4.10. The number of carbonyl (C=O) groups is 1. The molecule has 3 atom stereocenters. The van der Waals surface area contributed by atoms with Crippen LogP contribution in [0.2, 0.25) is 0 Å². The van der Waals surface area contributed by atoms with Crippen LogP contribution in [0.25, 0.3) is 0 Å². The van der Waals surface area contributed by atoms with Gasteiger partial charge in [0.1, 0.15) is 0 Å². The van der Waals surface area contributed by atoms with Crippen molar-refractivity contribution in [2.24, 2.45) is 16.2 Å². The summed E-state index contributed by atoms with van der Waals surface area (Å²) in [6.45, 7) is 6.49. The lowest BCUT2D eigenvalue weighted by atomic mass is 9.43. The average molecular weight is 494 g/mol. The first-order valence-corrected chi connectivity index (χ1v) is 10.3. The van der Waals surface area contributed by atoms with Crippen molar-refractivity contribution in [3.63, 3.8) is 0 Å². The fraction of sp³-hybridized carbons (Fsp3) is 0.588. The predicted molar refractivity (Wildman–Crippen MR) is 102 cm³/mol. The molecular weight excluding hydrogens is 474 g/mol. The summed E-state index contributed by atoms with van der Waals surface area (Å²) < 4.78 is 0.203. The molecule has 3 fully saturated rings. The molecule has 0 spiro atoms. The third kappa shape index (κ3) is 1.85. The van der Waals surface area contributed by atoms with E-state index in [1.54, 1.807) is 0 Å². The van der Waals surface area contributed by atoms with Gasteiger partial charge in [0.25, 0.3) is 0 Å². The Morgan fingerprint density at radius 1 is 1.32 bits per heavy atom. The van der Waals surface area contributed by atoms with Crippen LogP contribution >= 0.6 is 47.8 Å². The molecule has 0 saturated heterocycles. The van der Waals surface area contributed by atoms with Crippen molar-refractivity contribution in [3.05, 3.63) is 29.8 Å². The second kappa shape index (κ2) is 5.32. The lowest BCUT2D eigenvalue weighted by molar-refractivity contribution is -0.155. The molecule has 1 amide bonds. The quantitative estimate of drug-likeness (QED) is 0.544. The number of hydrogen-bond donors (Lipinski definition) is 1. The Hall–Kier alpha value is 0.130. The largest absolute Gasteiger partial charge is 0.326 e. The summed E-state index contributed by atoms with van der Waals surface area (Å²) in [6.07, 6.45) is 1.96. The molecule has 0 aromatic heterocycles. The number of amides is 1. The van der Waals surface area contributed by atoms with Crippen molar-refractivity contribution in [1.82, 2.24) is 0 Å². The number of fused-ring (bicyclic) bond motifs is 1. The van der Waals surface area contributed by atoms with E-state index < -0.39 is 0 Å². The number of nitrogens with one attached hydrogen (secondary N) is 1. The number of alkyl halides is 3. The van der Waals surface area contributed by atoms with Crippen LogP contribution in [0.4, 0.5) is 5.69 Å². The van der Waals surface area contributed by atoms with Gasteiger partial charge in [-0.15, -0.1) is 0 Å². The fourth-order valence-electron chi connectivity index (χ4n) is 4.66. The molecule has 5 heteroatoms. The Labute approximate surface area is 157 Å². The summed E-state index contributed by atoms with van der Waals surface area (Å²) in [7, 11) is 0. The molecule has 0 heterocycles. The Balaban J connectivity index is 1.91. The number of hydrogen-bond acceptors (Lipinski definition) is 1. The molecule has 3 aliphatic carbocycles. The van der Waals surface area contributed by atoms with E-state index in [0.29, 0.717) is 0 Å². The monoisotopic (exact) mass is 491 g/mol. The van der Waals surface area contributed by atoms with Crippen molar-refractivity contribution in [2.75, 3.05) is 5.32 Å². The van der Waals surface area contributed by atoms with Crippen molar-refractivity contribution in [2.45, 2.75) is 42.2 Å². The van der Waals surface area contributed by atoms with Crippen LogP contribution in [0.1, 0.15) is 32.3 Å². The summed E-state index contributed by atoms with van der Waals surface area (Å²) in [5, 5.41) is 3.15. The first-order valence-electron chi connectivity index (χ1n) is 7.50. The van der Waals surface area contributed by atoms with E-state index in [4.69, 9.17) is 0 Å². The van der Waals surface area contributed by atoms with E-state index in [-0.39, 0.29) is 30.7 Å². The zero-order valence-electron chi connectivity index (χ0n) is 12.9. The summed E-state index contributed by atoms with van der Waals surface area (Å²) >= 11 is 11.3. The maximum atomic E-state index is 13.1. The van der Waals surface area contributed by atoms with Gasteiger partial charge in [0.05, 0.1) is 9.15 Å². The van der Waals surface area contributed by atoms with Gasteiger partial charge in [-0.05, 0) is 42.9 Å². The standard InChI is InChI=1S/C17H20Br3NO/c1-10-5-4-6-11(9-10)21-14(22)17-8-7-16(12(17)18,13(19)20)15(17,2)3/h4-6,9,12-13H,7-8H2,1-3H3,(H,21,22)/t12-,16+,17-/m1/s1. The van der Waals surface area contributed by atoms with Gasteiger partial charge in [0, 0.05) is 15.9 Å². The molecule has 0 aliphatic heterocycles. The molecule has 3 aliphatic rings.